The van der Waals surface area contributed by atoms with Gasteiger partial charge in [-0.15, -0.1) is 0 Å². The maximum atomic E-state index is 12.1. The molecule has 31 heavy (non-hydrogen) atoms. The molecule has 1 aromatic rings. The maximum absolute atomic E-state index is 12.1. The van der Waals surface area contributed by atoms with Crippen molar-refractivity contribution in [2.24, 2.45) is 4.99 Å². The molecule has 0 aromatic carbocycles. The monoisotopic (exact) mass is 431 g/mol. The molecule has 2 aliphatic heterocycles. The third-order valence-corrected chi connectivity index (χ3v) is 5.28. The third-order valence-electron chi connectivity index (χ3n) is 5.28. The number of likely N-dealkylation sites (N-methyl/N-ethyl adjacent to an activating group) is 1. The van der Waals surface area contributed by atoms with Gasteiger partial charge in [0.25, 0.3) is 0 Å². The topological polar surface area (TPSA) is 85.3 Å². The number of anilines is 1. The Kier molecular flexibility index (Phi) is 7.59. The number of carbonyl (C=O) groups is 1. The number of hydrogen-bond acceptors (Lipinski definition) is 6. The lowest BCUT2D eigenvalue weighted by molar-refractivity contribution is 0.00701. The van der Waals surface area contributed by atoms with E-state index in [1.807, 2.05) is 40.0 Å². The average molecular weight is 432 g/mol. The molecule has 0 atom stereocenters. The van der Waals surface area contributed by atoms with E-state index in [1.54, 1.807) is 4.90 Å². The minimum absolute atomic E-state index is 0.170. The molecule has 0 bridgehead atoms. The predicted octanol–water partition coefficient (Wildman–Crippen LogP) is 1.51. The molecule has 172 valence electrons. The van der Waals surface area contributed by atoms with Crippen LogP contribution in [0.3, 0.4) is 0 Å². The van der Waals surface area contributed by atoms with Crippen molar-refractivity contribution in [3.8, 4) is 0 Å². The first-order chi connectivity index (χ1) is 14.7. The molecular formula is C22H37N7O2. The molecule has 2 N–H and O–H groups in total. The summed E-state index contributed by atoms with van der Waals surface area (Å²) in [7, 11) is 2.15. The smallest absolute Gasteiger partial charge is 0.410 e. The van der Waals surface area contributed by atoms with Crippen molar-refractivity contribution in [1.29, 1.82) is 0 Å². The molecule has 3 rings (SSSR count). The zero-order chi connectivity index (χ0) is 22.4. The largest absolute Gasteiger partial charge is 0.444 e. The van der Waals surface area contributed by atoms with Crippen LogP contribution in [0.4, 0.5) is 10.6 Å². The van der Waals surface area contributed by atoms with Gasteiger partial charge in [-0.2, -0.15) is 0 Å². The van der Waals surface area contributed by atoms with E-state index in [0.717, 1.165) is 50.1 Å². The number of rotatable bonds is 5. The van der Waals surface area contributed by atoms with Crippen LogP contribution in [0.2, 0.25) is 0 Å². The van der Waals surface area contributed by atoms with Crippen LogP contribution >= 0.6 is 0 Å². The van der Waals surface area contributed by atoms with Crippen LogP contribution in [0.1, 0.15) is 33.3 Å². The molecule has 0 aliphatic carbocycles. The number of likely N-dealkylation sites (tertiary alicyclic amines) is 1. The summed E-state index contributed by atoms with van der Waals surface area (Å²) in [5.41, 5.74) is 0.657. The highest BCUT2D eigenvalue weighted by atomic mass is 16.6. The molecule has 0 spiro atoms. The summed E-state index contributed by atoms with van der Waals surface area (Å²) in [5.74, 6) is 1.78. The van der Waals surface area contributed by atoms with Crippen molar-refractivity contribution in [3.05, 3.63) is 23.9 Å². The third kappa shape index (κ3) is 6.99. The first-order valence-corrected chi connectivity index (χ1v) is 11.1. The number of nitrogens with one attached hydrogen (secondary N) is 2. The lowest BCUT2D eigenvalue weighted by atomic mass is 10.1. The second-order valence-corrected chi connectivity index (χ2v) is 9.23. The normalized spacial score (nSPS) is 18.5. The minimum Gasteiger partial charge on any atom is -0.444 e. The van der Waals surface area contributed by atoms with Gasteiger partial charge in [-0.05, 0) is 52.4 Å². The lowest BCUT2D eigenvalue weighted by Crippen LogP contribution is -2.63. The molecule has 2 aliphatic rings. The lowest BCUT2D eigenvalue weighted by Gasteiger charge is -2.40. The number of ether oxygens (including phenoxy) is 1. The molecule has 2 fully saturated rings. The molecule has 0 radical (unpaired) electrons. The maximum Gasteiger partial charge on any atom is 0.410 e. The summed E-state index contributed by atoms with van der Waals surface area (Å²) in [6.07, 6.45) is 1.60. The molecular weight excluding hydrogens is 394 g/mol. The van der Waals surface area contributed by atoms with Gasteiger partial charge in [-0.25, -0.2) is 14.8 Å². The number of carbonyl (C=O) groups excluding carboxylic acids is 1. The summed E-state index contributed by atoms with van der Waals surface area (Å²) >= 11 is 0. The van der Waals surface area contributed by atoms with E-state index >= 15 is 0 Å². The Morgan fingerprint density at radius 3 is 2.61 bits per heavy atom. The zero-order valence-corrected chi connectivity index (χ0v) is 19.5. The van der Waals surface area contributed by atoms with Crippen molar-refractivity contribution >= 4 is 17.9 Å². The van der Waals surface area contributed by atoms with E-state index in [0.29, 0.717) is 19.6 Å². The van der Waals surface area contributed by atoms with Crippen molar-refractivity contribution in [2.45, 2.75) is 45.9 Å². The van der Waals surface area contributed by atoms with Gasteiger partial charge in [0.05, 0.1) is 12.6 Å². The average Bonchev–Trinajstić information content (AvgIpc) is 2.67. The number of guanidine groups is 1. The van der Waals surface area contributed by atoms with E-state index in [9.17, 15) is 4.79 Å². The van der Waals surface area contributed by atoms with Crippen LogP contribution in [-0.4, -0.2) is 91.3 Å². The highest BCUT2D eigenvalue weighted by Gasteiger charge is 2.34. The Labute approximate surface area is 185 Å². The molecule has 0 saturated carbocycles. The molecule has 9 nitrogen and oxygen atoms in total. The molecule has 3 heterocycles. The van der Waals surface area contributed by atoms with Gasteiger partial charge in [0, 0.05) is 52.0 Å². The van der Waals surface area contributed by atoms with Gasteiger partial charge in [-0.1, -0.05) is 0 Å². The van der Waals surface area contributed by atoms with Crippen molar-refractivity contribution in [1.82, 2.24) is 25.4 Å². The summed E-state index contributed by atoms with van der Waals surface area (Å²) in [4.78, 5) is 27.8. The highest BCUT2D eigenvalue weighted by molar-refractivity contribution is 5.80. The quantitative estimate of drug-likeness (QED) is 0.540. The fourth-order valence-electron chi connectivity index (χ4n) is 3.50. The molecule has 9 heteroatoms. The molecule has 2 saturated heterocycles. The summed E-state index contributed by atoms with van der Waals surface area (Å²) in [6.45, 7) is 14.4. The number of hydrogen-bond donors (Lipinski definition) is 2. The first kappa shape index (κ1) is 23.1. The van der Waals surface area contributed by atoms with Gasteiger partial charge >= 0.3 is 6.09 Å². The van der Waals surface area contributed by atoms with Crippen LogP contribution in [0.25, 0.3) is 0 Å². The highest BCUT2D eigenvalue weighted by Crippen LogP contribution is 2.16. The number of aromatic nitrogens is 1. The standard InChI is InChI=1S/C22H37N7O2/c1-6-23-20(26-18-15-29(16-18)21(30)31-22(2,3)4)25-14-17-7-8-24-19(13-17)28-11-9-27(5)10-12-28/h7-8,13,18H,6,9-12,14-16H2,1-5H3,(H2,23,25,26). The van der Waals surface area contributed by atoms with E-state index in [-0.39, 0.29) is 12.1 Å². The van der Waals surface area contributed by atoms with Crippen LogP contribution in [0, 0.1) is 0 Å². The number of aliphatic imine (C=N–C) groups is 1. The second kappa shape index (κ2) is 10.2. The van der Waals surface area contributed by atoms with Gasteiger partial charge in [0.15, 0.2) is 5.96 Å². The molecule has 1 aromatic heterocycles. The molecule has 1 amide bonds. The summed E-state index contributed by atoms with van der Waals surface area (Å²) in [6, 6.07) is 4.32. The van der Waals surface area contributed by atoms with E-state index < -0.39 is 5.60 Å². The number of pyridine rings is 1. The zero-order valence-electron chi connectivity index (χ0n) is 19.5. The first-order valence-electron chi connectivity index (χ1n) is 11.1. The molecule has 0 unspecified atom stereocenters. The summed E-state index contributed by atoms with van der Waals surface area (Å²) < 4.78 is 5.42. The second-order valence-electron chi connectivity index (χ2n) is 9.23. The van der Waals surface area contributed by atoms with E-state index in [2.05, 4.69) is 38.5 Å². The van der Waals surface area contributed by atoms with Crippen molar-refractivity contribution < 1.29 is 9.53 Å². The van der Waals surface area contributed by atoms with Gasteiger partial charge in [-0.3, -0.25) is 0 Å². The number of amides is 1. The minimum atomic E-state index is -0.473. The Bertz CT molecular complexity index is 763. The Morgan fingerprint density at radius 1 is 1.26 bits per heavy atom. The fraction of sp³-hybridized carbons (Fsp3) is 0.682. The number of nitrogens with zero attached hydrogens (tertiary/aromatic N) is 5. The van der Waals surface area contributed by atoms with E-state index in [1.165, 1.54) is 0 Å². The van der Waals surface area contributed by atoms with Crippen LogP contribution in [-0.2, 0) is 11.3 Å². The van der Waals surface area contributed by atoms with Crippen LogP contribution in [0.5, 0.6) is 0 Å². The van der Waals surface area contributed by atoms with Crippen molar-refractivity contribution in [3.63, 3.8) is 0 Å². The van der Waals surface area contributed by atoms with Crippen molar-refractivity contribution in [2.75, 3.05) is 57.8 Å². The Balaban J connectivity index is 1.52. The fourth-order valence-corrected chi connectivity index (χ4v) is 3.50. The van der Waals surface area contributed by atoms with Gasteiger partial charge < -0.3 is 30.1 Å². The van der Waals surface area contributed by atoms with Crippen LogP contribution < -0.4 is 15.5 Å². The Morgan fingerprint density at radius 2 is 1.97 bits per heavy atom. The summed E-state index contributed by atoms with van der Waals surface area (Å²) in [5, 5.41) is 6.70. The Hall–Kier alpha value is -2.55. The SMILES string of the molecule is CCNC(=NCc1ccnc(N2CCN(C)CC2)c1)NC1CN(C(=O)OC(C)(C)C)C1. The predicted molar refractivity (Wildman–Crippen MR) is 123 cm³/mol. The van der Waals surface area contributed by atoms with Crippen LogP contribution in [0.15, 0.2) is 23.3 Å². The van der Waals surface area contributed by atoms with E-state index in [4.69, 9.17) is 9.73 Å². The number of piperazine rings is 1. The van der Waals surface area contributed by atoms with Gasteiger partial charge in [0.1, 0.15) is 11.4 Å². The van der Waals surface area contributed by atoms with Gasteiger partial charge in [0.2, 0.25) is 0 Å².